The molecule has 19 heavy (non-hydrogen) atoms. The van der Waals surface area contributed by atoms with Gasteiger partial charge in [0.05, 0.1) is 6.10 Å². The molecule has 0 N–H and O–H groups in total. The summed E-state index contributed by atoms with van der Waals surface area (Å²) in [6.07, 6.45) is 5.60. The largest absolute Gasteiger partial charge is 0.359 e. The molecule has 3 atom stereocenters. The zero-order valence-corrected chi connectivity index (χ0v) is 13.1. The highest BCUT2D eigenvalue weighted by Crippen LogP contribution is 2.31. The first-order valence-corrected chi connectivity index (χ1v) is 7.57. The minimum atomic E-state index is -0.161. The summed E-state index contributed by atoms with van der Waals surface area (Å²) in [6, 6.07) is 0. The molecule has 1 heterocycles. The predicted octanol–water partition coefficient (Wildman–Crippen LogP) is 3.39. The van der Waals surface area contributed by atoms with Gasteiger partial charge in [-0.25, -0.2) is 0 Å². The van der Waals surface area contributed by atoms with Gasteiger partial charge in [0.2, 0.25) is 0 Å². The topological polar surface area (TPSA) is 32.8 Å². The summed E-state index contributed by atoms with van der Waals surface area (Å²) < 4.78 is 5.55. The summed E-state index contributed by atoms with van der Waals surface area (Å²) in [7, 11) is 0. The number of epoxide rings is 1. The average molecular weight is 267 g/mol. The molecule has 0 aromatic carbocycles. The van der Waals surface area contributed by atoms with E-state index in [1.165, 1.54) is 12.0 Å². The molecule has 0 saturated carbocycles. The van der Waals surface area contributed by atoms with Crippen LogP contribution >= 0.6 is 0 Å². The Labute approximate surface area is 118 Å². The highest BCUT2D eigenvalue weighted by molar-refractivity contribution is 5.83. The Morgan fingerprint density at radius 1 is 1.32 bits per heavy atom. The smallest absolute Gasteiger partial charge is 0.254 e. The SMILES string of the molecule is CCN(CC)C(=O)C1OC1CC(C)CCC=C(C)C. The highest BCUT2D eigenvalue weighted by Gasteiger charge is 2.46. The first kappa shape index (κ1) is 16.2. The van der Waals surface area contributed by atoms with Crippen LogP contribution in [0.5, 0.6) is 0 Å². The van der Waals surface area contributed by atoms with Crippen molar-refractivity contribution in [2.24, 2.45) is 5.92 Å². The Hall–Kier alpha value is -0.830. The van der Waals surface area contributed by atoms with Crippen LogP contribution in [-0.2, 0) is 9.53 Å². The molecule has 1 rings (SSSR count). The quantitative estimate of drug-likeness (QED) is 0.499. The molecule has 3 unspecified atom stereocenters. The maximum atomic E-state index is 12.1. The number of hydrogen-bond acceptors (Lipinski definition) is 2. The summed E-state index contributed by atoms with van der Waals surface area (Å²) in [5.74, 6) is 0.793. The van der Waals surface area contributed by atoms with E-state index in [1.54, 1.807) is 0 Å². The minimum absolute atomic E-state index is 0.161. The van der Waals surface area contributed by atoms with E-state index in [1.807, 2.05) is 18.7 Å². The first-order chi connectivity index (χ1) is 8.99. The van der Waals surface area contributed by atoms with Crippen LogP contribution in [0.3, 0.4) is 0 Å². The van der Waals surface area contributed by atoms with Gasteiger partial charge in [0.25, 0.3) is 5.91 Å². The van der Waals surface area contributed by atoms with Crippen molar-refractivity contribution in [3.63, 3.8) is 0 Å². The van der Waals surface area contributed by atoms with E-state index in [-0.39, 0.29) is 18.1 Å². The van der Waals surface area contributed by atoms with Crippen molar-refractivity contribution < 1.29 is 9.53 Å². The molecule has 0 spiro atoms. The number of allylic oxidation sites excluding steroid dienone is 2. The van der Waals surface area contributed by atoms with Crippen LogP contribution in [0.2, 0.25) is 0 Å². The van der Waals surface area contributed by atoms with Gasteiger partial charge in [-0.1, -0.05) is 18.6 Å². The summed E-state index contributed by atoms with van der Waals surface area (Å²) in [5, 5.41) is 0. The number of rotatable bonds is 8. The molecule has 1 aliphatic heterocycles. The summed E-state index contributed by atoms with van der Waals surface area (Å²) in [6.45, 7) is 12.1. The second-order valence-electron chi connectivity index (χ2n) is 5.81. The summed E-state index contributed by atoms with van der Waals surface area (Å²) in [5.41, 5.74) is 1.38. The van der Waals surface area contributed by atoms with Crippen molar-refractivity contribution in [1.82, 2.24) is 4.90 Å². The van der Waals surface area contributed by atoms with E-state index in [4.69, 9.17) is 4.74 Å². The Morgan fingerprint density at radius 3 is 2.47 bits per heavy atom. The molecule has 0 aliphatic carbocycles. The lowest BCUT2D eigenvalue weighted by atomic mass is 9.98. The monoisotopic (exact) mass is 267 g/mol. The van der Waals surface area contributed by atoms with E-state index < -0.39 is 0 Å². The molecule has 1 saturated heterocycles. The molecular weight excluding hydrogens is 238 g/mol. The van der Waals surface area contributed by atoms with Gasteiger partial charge in [-0.15, -0.1) is 0 Å². The van der Waals surface area contributed by atoms with Gasteiger partial charge < -0.3 is 9.64 Å². The van der Waals surface area contributed by atoms with Gasteiger partial charge in [-0.2, -0.15) is 0 Å². The normalized spacial score (nSPS) is 22.8. The second-order valence-corrected chi connectivity index (χ2v) is 5.81. The maximum absolute atomic E-state index is 12.1. The number of nitrogens with zero attached hydrogens (tertiary/aromatic N) is 1. The number of likely N-dealkylation sites (N-methyl/N-ethyl adjacent to an activating group) is 1. The van der Waals surface area contributed by atoms with Crippen molar-refractivity contribution >= 4 is 5.91 Å². The molecule has 3 heteroatoms. The Bertz CT molecular complexity index is 317. The molecule has 0 aromatic heterocycles. The van der Waals surface area contributed by atoms with Gasteiger partial charge in [-0.05, 0) is 52.9 Å². The Balaban J connectivity index is 2.26. The zero-order chi connectivity index (χ0) is 14.4. The van der Waals surface area contributed by atoms with Crippen molar-refractivity contribution in [1.29, 1.82) is 0 Å². The van der Waals surface area contributed by atoms with Crippen molar-refractivity contribution in [3.8, 4) is 0 Å². The molecular formula is C16H29NO2. The zero-order valence-electron chi connectivity index (χ0n) is 13.1. The fourth-order valence-corrected chi connectivity index (χ4v) is 2.43. The van der Waals surface area contributed by atoms with E-state index in [9.17, 15) is 4.79 Å². The molecule has 0 bridgehead atoms. The first-order valence-electron chi connectivity index (χ1n) is 7.57. The standard InChI is InChI=1S/C16H29NO2/c1-6-17(7-2)16(18)15-14(19-15)11-13(5)10-8-9-12(3)4/h9,13-15H,6-8,10-11H2,1-5H3. The molecule has 0 aromatic rings. The van der Waals surface area contributed by atoms with Crippen LogP contribution in [0.1, 0.15) is 53.9 Å². The van der Waals surface area contributed by atoms with Crippen LogP contribution in [0, 0.1) is 5.92 Å². The molecule has 1 fully saturated rings. The third-order valence-corrected chi connectivity index (χ3v) is 3.75. The van der Waals surface area contributed by atoms with Crippen LogP contribution in [0.4, 0.5) is 0 Å². The van der Waals surface area contributed by atoms with Crippen LogP contribution < -0.4 is 0 Å². The van der Waals surface area contributed by atoms with Crippen LogP contribution in [0.25, 0.3) is 0 Å². The molecule has 110 valence electrons. The number of carbonyl (C=O) groups is 1. The number of hydrogen-bond donors (Lipinski definition) is 0. The molecule has 1 amide bonds. The van der Waals surface area contributed by atoms with E-state index in [0.717, 1.165) is 25.9 Å². The minimum Gasteiger partial charge on any atom is -0.359 e. The van der Waals surface area contributed by atoms with Crippen molar-refractivity contribution in [3.05, 3.63) is 11.6 Å². The van der Waals surface area contributed by atoms with E-state index >= 15 is 0 Å². The predicted molar refractivity (Wildman–Crippen MR) is 79.0 cm³/mol. The Kier molecular flexibility index (Phi) is 6.56. The van der Waals surface area contributed by atoms with Gasteiger partial charge in [-0.3, -0.25) is 4.79 Å². The van der Waals surface area contributed by atoms with Crippen LogP contribution in [-0.4, -0.2) is 36.1 Å². The summed E-state index contributed by atoms with van der Waals surface area (Å²) in [4.78, 5) is 13.9. The molecule has 1 aliphatic rings. The second kappa shape index (κ2) is 7.68. The lowest BCUT2D eigenvalue weighted by Gasteiger charge is -2.17. The molecule has 3 nitrogen and oxygen atoms in total. The van der Waals surface area contributed by atoms with Gasteiger partial charge in [0.15, 0.2) is 6.10 Å². The third-order valence-electron chi connectivity index (χ3n) is 3.75. The Morgan fingerprint density at radius 2 is 1.95 bits per heavy atom. The fraction of sp³-hybridized carbons (Fsp3) is 0.812. The van der Waals surface area contributed by atoms with E-state index in [0.29, 0.717) is 5.92 Å². The van der Waals surface area contributed by atoms with Gasteiger partial charge in [0, 0.05) is 13.1 Å². The highest BCUT2D eigenvalue weighted by atomic mass is 16.6. The number of carbonyl (C=O) groups excluding carboxylic acids is 1. The van der Waals surface area contributed by atoms with Gasteiger partial charge in [0.1, 0.15) is 0 Å². The fourth-order valence-electron chi connectivity index (χ4n) is 2.43. The number of amides is 1. The molecule has 0 radical (unpaired) electrons. The van der Waals surface area contributed by atoms with Crippen molar-refractivity contribution in [2.45, 2.75) is 66.1 Å². The average Bonchev–Trinajstić information content (AvgIpc) is 3.09. The third kappa shape index (κ3) is 5.35. The lowest BCUT2D eigenvalue weighted by Crippen LogP contribution is -2.34. The van der Waals surface area contributed by atoms with Crippen molar-refractivity contribution in [2.75, 3.05) is 13.1 Å². The summed E-state index contributed by atoms with van der Waals surface area (Å²) >= 11 is 0. The maximum Gasteiger partial charge on any atom is 0.254 e. The number of ether oxygens (including phenoxy) is 1. The van der Waals surface area contributed by atoms with Crippen LogP contribution in [0.15, 0.2) is 11.6 Å². The van der Waals surface area contributed by atoms with Gasteiger partial charge >= 0.3 is 0 Å². The van der Waals surface area contributed by atoms with E-state index in [2.05, 4.69) is 26.8 Å². The lowest BCUT2D eigenvalue weighted by molar-refractivity contribution is -0.132.